The molecule has 0 saturated heterocycles. The van der Waals surface area contributed by atoms with Gasteiger partial charge >= 0.3 is 0 Å². The molecule has 3 heterocycles. The quantitative estimate of drug-likeness (QED) is 0.661. The number of hydrogen-bond acceptors (Lipinski definition) is 6. The second kappa shape index (κ2) is 7.98. The van der Waals surface area contributed by atoms with Gasteiger partial charge in [0.25, 0.3) is 0 Å². The van der Waals surface area contributed by atoms with Crippen molar-refractivity contribution in [2.24, 2.45) is 0 Å². The highest BCUT2D eigenvalue weighted by atomic mass is 16.1. The van der Waals surface area contributed by atoms with E-state index in [1.165, 1.54) is 6.92 Å². The van der Waals surface area contributed by atoms with E-state index in [1.54, 1.807) is 24.5 Å². The van der Waals surface area contributed by atoms with Crippen LogP contribution >= 0.6 is 0 Å². The molecule has 8 nitrogen and oxygen atoms in total. The number of imidazole rings is 1. The van der Waals surface area contributed by atoms with Crippen LogP contribution in [0.1, 0.15) is 52.3 Å². The van der Waals surface area contributed by atoms with Crippen molar-refractivity contribution in [3.8, 4) is 0 Å². The van der Waals surface area contributed by atoms with Crippen LogP contribution in [0.15, 0.2) is 30.6 Å². The maximum Gasteiger partial charge on any atom is 0.217 e. The zero-order valence-electron chi connectivity index (χ0n) is 17.7. The molecular weight excluding hydrogens is 366 g/mol. The first-order valence-corrected chi connectivity index (χ1v) is 9.57. The minimum atomic E-state index is -0.488. The fourth-order valence-electron chi connectivity index (χ4n) is 3.27. The number of aryl methyl sites for hydroxylation is 1. The van der Waals surface area contributed by atoms with Gasteiger partial charge in [0.2, 0.25) is 5.91 Å². The number of nitrogens with zero attached hydrogens (tertiary/aromatic N) is 5. The summed E-state index contributed by atoms with van der Waals surface area (Å²) in [6.45, 7) is 11.6. The lowest BCUT2D eigenvalue weighted by Gasteiger charge is -2.20. The van der Waals surface area contributed by atoms with Crippen molar-refractivity contribution in [2.75, 3.05) is 5.32 Å². The second-order valence-electron chi connectivity index (χ2n) is 7.84. The van der Waals surface area contributed by atoms with Gasteiger partial charge in [-0.05, 0) is 46.8 Å². The van der Waals surface area contributed by atoms with Crippen LogP contribution in [-0.2, 0) is 4.79 Å². The Morgan fingerprint density at radius 1 is 1.21 bits per heavy atom. The minimum absolute atomic E-state index is 0.0895. The van der Waals surface area contributed by atoms with Crippen molar-refractivity contribution in [2.45, 2.75) is 53.1 Å². The standard InChI is InChI=1S/C21H27N7O/c1-13(2)28-14(3)24-16-12-23-20(11-17(16)28)26-19-8-10-22-18(25-19)7-9-21(5,6)27-15(4)29/h7-13H,1-6H3,(H,27,29)(H,22,23,25,26)/b9-7+. The first kappa shape index (κ1) is 20.4. The molecule has 3 rings (SSSR count). The minimum Gasteiger partial charge on any atom is -0.348 e. The van der Waals surface area contributed by atoms with E-state index in [9.17, 15) is 4.79 Å². The first-order valence-electron chi connectivity index (χ1n) is 9.57. The fourth-order valence-corrected chi connectivity index (χ4v) is 3.27. The van der Waals surface area contributed by atoms with Crippen LogP contribution in [0, 0.1) is 6.92 Å². The summed E-state index contributed by atoms with van der Waals surface area (Å²) in [5.74, 6) is 2.73. The number of fused-ring (bicyclic) bond motifs is 1. The van der Waals surface area contributed by atoms with Gasteiger partial charge in [-0.15, -0.1) is 0 Å². The van der Waals surface area contributed by atoms with Gasteiger partial charge in [0.15, 0.2) is 5.82 Å². The molecule has 0 bridgehead atoms. The van der Waals surface area contributed by atoms with Crippen molar-refractivity contribution in [3.63, 3.8) is 0 Å². The Bertz CT molecular complexity index is 1070. The molecule has 0 radical (unpaired) electrons. The Morgan fingerprint density at radius 3 is 2.66 bits per heavy atom. The lowest BCUT2D eigenvalue weighted by molar-refractivity contribution is -0.120. The molecule has 0 aliphatic heterocycles. The number of carbonyl (C=O) groups excluding carboxylic acids is 1. The Hall–Kier alpha value is -3.29. The number of amides is 1. The van der Waals surface area contributed by atoms with Gasteiger partial charge in [0.05, 0.1) is 17.3 Å². The van der Waals surface area contributed by atoms with Crippen LogP contribution in [0.25, 0.3) is 17.1 Å². The molecule has 0 spiro atoms. The molecule has 0 fully saturated rings. The summed E-state index contributed by atoms with van der Waals surface area (Å²) in [5.41, 5.74) is 1.41. The molecule has 29 heavy (non-hydrogen) atoms. The summed E-state index contributed by atoms with van der Waals surface area (Å²) in [6.07, 6.45) is 7.10. The third-order valence-electron chi connectivity index (χ3n) is 4.35. The highest BCUT2D eigenvalue weighted by molar-refractivity contribution is 5.79. The van der Waals surface area contributed by atoms with Crippen LogP contribution in [0.5, 0.6) is 0 Å². The van der Waals surface area contributed by atoms with E-state index in [-0.39, 0.29) is 5.91 Å². The normalized spacial score (nSPS) is 12.1. The lowest BCUT2D eigenvalue weighted by Crippen LogP contribution is -2.40. The highest BCUT2D eigenvalue weighted by Gasteiger charge is 2.14. The van der Waals surface area contributed by atoms with Gasteiger partial charge in [-0.3, -0.25) is 4.79 Å². The van der Waals surface area contributed by atoms with Crippen LogP contribution < -0.4 is 10.6 Å². The van der Waals surface area contributed by atoms with Crippen molar-refractivity contribution in [1.29, 1.82) is 0 Å². The van der Waals surface area contributed by atoms with Gasteiger partial charge in [-0.25, -0.2) is 19.9 Å². The Labute approximate surface area is 170 Å². The van der Waals surface area contributed by atoms with E-state index in [4.69, 9.17) is 0 Å². The summed E-state index contributed by atoms with van der Waals surface area (Å²) in [6, 6.07) is 4.07. The number of nitrogens with one attached hydrogen (secondary N) is 2. The Balaban J connectivity index is 1.83. The van der Waals surface area contributed by atoms with Gasteiger partial charge in [-0.2, -0.15) is 0 Å². The van der Waals surface area contributed by atoms with E-state index < -0.39 is 5.54 Å². The Morgan fingerprint density at radius 2 is 1.97 bits per heavy atom. The third kappa shape index (κ3) is 4.96. The van der Waals surface area contributed by atoms with Crippen LogP contribution in [0.4, 0.5) is 11.6 Å². The fraction of sp³-hybridized carbons (Fsp3) is 0.381. The van der Waals surface area contributed by atoms with Gasteiger partial charge < -0.3 is 15.2 Å². The second-order valence-corrected chi connectivity index (χ2v) is 7.84. The maximum atomic E-state index is 11.3. The molecule has 0 saturated carbocycles. The number of aromatic nitrogens is 5. The van der Waals surface area contributed by atoms with Crippen molar-refractivity contribution in [1.82, 2.24) is 29.8 Å². The highest BCUT2D eigenvalue weighted by Crippen LogP contribution is 2.23. The average molecular weight is 393 g/mol. The smallest absolute Gasteiger partial charge is 0.217 e. The van der Waals surface area contributed by atoms with Crippen molar-refractivity contribution < 1.29 is 4.79 Å². The SMILES string of the molecule is CC(=O)NC(C)(C)/C=C/c1nccc(Nc2cc3c(cn2)nc(C)n3C(C)C)n1. The van der Waals surface area contributed by atoms with E-state index in [0.29, 0.717) is 23.5 Å². The summed E-state index contributed by atoms with van der Waals surface area (Å²) in [4.78, 5) is 29.1. The number of pyridine rings is 1. The zero-order valence-corrected chi connectivity index (χ0v) is 17.7. The summed E-state index contributed by atoms with van der Waals surface area (Å²) < 4.78 is 2.18. The van der Waals surface area contributed by atoms with E-state index in [0.717, 1.165) is 16.9 Å². The van der Waals surface area contributed by atoms with E-state index >= 15 is 0 Å². The zero-order chi connectivity index (χ0) is 21.2. The Kier molecular flexibility index (Phi) is 5.63. The predicted molar refractivity (Wildman–Crippen MR) is 115 cm³/mol. The van der Waals surface area contributed by atoms with E-state index in [1.807, 2.05) is 32.9 Å². The summed E-state index contributed by atoms with van der Waals surface area (Å²) >= 11 is 0. The summed E-state index contributed by atoms with van der Waals surface area (Å²) in [5, 5.41) is 6.10. The topological polar surface area (TPSA) is 97.6 Å². The first-order chi connectivity index (χ1) is 13.6. The van der Waals surface area contributed by atoms with Crippen LogP contribution in [-0.4, -0.2) is 35.9 Å². The van der Waals surface area contributed by atoms with E-state index in [2.05, 4.69) is 49.0 Å². The lowest BCUT2D eigenvalue weighted by atomic mass is 10.1. The maximum absolute atomic E-state index is 11.3. The molecule has 2 N–H and O–H groups in total. The third-order valence-corrected chi connectivity index (χ3v) is 4.35. The molecule has 0 aliphatic carbocycles. The molecule has 3 aromatic heterocycles. The molecule has 3 aromatic rings. The predicted octanol–water partition coefficient (Wildman–Crippen LogP) is 3.78. The number of hydrogen-bond donors (Lipinski definition) is 2. The average Bonchev–Trinajstić information content (AvgIpc) is 2.94. The summed E-state index contributed by atoms with van der Waals surface area (Å²) in [7, 11) is 0. The molecule has 0 unspecified atom stereocenters. The largest absolute Gasteiger partial charge is 0.348 e. The van der Waals surface area contributed by atoms with Crippen molar-refractivity contribution in [3.05, 3.63) is 42.3 Å². The number of rotatable bonds is 6. The van der Waals surface area contributed by atoms with Gasteiger partial charge in [0, 0.05) is 25.2 Å². The van der Waals surface area contributed by atoms with Crippen LogP contribution in [0.3, 0.4) is 0 Å². The van der Waals surface area contributed by atoms with Gasteiger partial charge in [0.1, 0.15) is 23.0 Å². The molecule has 0 atom stereocenters. The molecule has 1 amide bonds. The molecule has 152 valence electrons. The monoisotopic (exact) mass is 393 g/mol. The van der Waals surface area contributed by atoms with Crippen LogP contribution in [0.2, 0.25) is 0 Å². The van der Waals surface area contributed by atoms with Gasteiger partial charge in [-0.1, -0.05) is 6.08 Å². The molecular formula is C21H27N7O. The number of carbonyl (C=O) groups is 1. The molecule has 0 aromatic carbocycles. The molecule has 8 heteroatoms. The molecule has 0 aliphatic rings. The van der Waals surface area contributed by atoms with Crippen molar-refractivity contribution >= 4 is 34.7 Å². The number of anilines is 2.